The van der Waals surface area contributed by atoms with Gasteiger partial charge in [0.15, 0.2) is 0 Å². The number of para-hydroxylation sites is 1. The average Bonchev–Trinajstić information content (AvgIpc) is 2.74. The zero-order valence-corrected chi connectivity index (χ0v) is 19.8. The van der Waals surface area contributed by atoms with Gasteiger partial charge < -0.3 is 5.32 Å². The minimum atomic E-state index is -4.35. The van der Waals surface area contributed by atoms with Crippen LogP contribution in [0.25, 0.3) is 0 Å². The molecule has 0 saturated heterocycles. The molecule has 1 amide bonds. The molecule has 0 aliphatic carbocycles. The molecule has 0 bridgehead atoms. The van der Waals surface area contributed by atoms with Gasteiger partial charge in [0.25, 0.3) is 15.7 Å². The maximum Gasteiger partial charge on any atom is 0.289 e. The van der Waals surface area contributed by atoms with E-state index in [0.717, 1.165) is 27.6 Å². The zero-order chi connectivity index (χ0) is 24.3. The second-order valence-corrected chi connectivity index (χ2v) is 9.80. The van der Waals surface area contributed by atoms with Gasteiger partial charge >= 0.3 is 0 Å². The highest BCUT2D eigenvalue weighted by Gasteiger charge is 2.30. The summed E-state index contributed by atoms with van der Waals surface area (Å²) >= 11 is 5.86. The molecule has 3 rings (SSSR count). The summed E-state index contributed by atoms with van der Waals surface area (Å²) in [6.45, 7) is 4.88. The van der Waals surface area contributed by atoms with Crippen LogP contribution in [0, 0.1) is 30.9 Å². The van der Waals surface area contributed by atoms with Gasteiger partial charge in [0.05, 0.1) is 15.5 Å². The van der Waals surface area contributed by atoms with Gasteiger partial charge in [-0.2, -0.15) is 0 Å². The van der Waals surface area contributed by atoms with Crippen molar-refractivity contribution in [1.82, 2.24) is 0 Å². The summed E-state index contributed by atoms with van der Waals surface area (Å²) in [6, 6.07) is 15.5. The molecule has 8 nitrogen and oxygen atoms in total. The van der Waals surface area contributed by atoms with E-state index in [1.165, 1.54) is 6.07 Å². The van der Waals surface area contributed by atoms with E-state index in [-0.39, 0.29) is 15.6 Å². The number of benzene rings is 3. The molecule has 0 heterocycles. The number of sulfonamides is 1. The molecular formula is C23H22ClN3O5S. The molecule has 0 aromatic heterocycles. The van der Waals surface area contributed by atoms with Crippen molar-refractivity contribution in [2.75, 3.05) is 16.2 Å². The van der Waals surface area contributed by atoms with Crippen LogP contribution < -0.4 is 9.62 Å². The highest BCUT2D eigenvalue weighted by molar-refractivity contribution is 7.92. The third-order valence-corrected chi connectivity index (χ3v) is 7.10. The summed E-state index contributed by atoms with van der Waals surface area (Å²) < 4.78 is 28.1. The number of anilines is 2. The second-order valence-electron chi connectivity index (χ2n) is 7.54. The van der Waals surface area contributed by atoms with Crippen molar-refractivity contribution in [1.29, 1.82) is 0 Å². The molecule has 0 unspecified atom stereocenters. The standard InChI is InChI=1S/C23H22ClN3O5S/c1-15-8-11-21(17(3)12-15)26(14-23(28)25-20-7-5-4-6-16(20)2)33(31,32)18-9-10-19(24)22(13-18)27(29)30/h4-13H,14H2,1-3H3,(H,25,28). The summed E-state index contributed by atoms with van der Waals surface area (Å²) in [5.41, 5.74) is 2.68. The summed E-state index contributed by atoms with van der Waals surface area (Å²) in [4.78, 5) is 23.1. The molecule has 0 saturated carbocycles. The van der Waals surface area contributed by atoms with Crippen molar-refractivity contribution in [3.05, 3.63) is 92.5 Å². The predicted molar refractivity (Wildman–Crippen MR) is 128 cm³/mol. The molecule has 0 aliphatic rings. The number of hydrogen-bond acceptors (Lipinski definition) is 5. The van der Waals surface area contributed by atoms with Gasteiger partial charge in [0.1, 0.15) is 11.6 Å². The minimum Gasteiger partial charge on any atom is -0.324 e. The molecule has 0 fully saturated rings. The summed E-state index contributed by atoms with van der Waals surface area (Å²) in [7, 11) is -4.35. The number of carbonyl (C=O) groups excluding carboxylic acids is 1. The molecule has 33 heavy (non-hydrogen) atoms. The van der Waals surface area contributed by atoms with Crippen LogP contribution in [0.3, 0.4) is 0 Å². The number of nitro benzene ring substituents is 1. The first-order valence-corrected chi connectivity index (χ1v) is 11.7. The van der Waals surface area contributed by atoms with Crippen molar-refractivity contribution in [3.8, 4) is 0 Å². The molecule has 3 aromatic rings. The first kappa shape index (κ1) is 24.2. The van der Waals surface area contributed by atoms with Crippen molar-refractivity contribution in [3.63, 3.8) is 0 Å². The lowest BCUT2D eigenvalue weighted by molar-refractivity contribution is -0.384. The molecule has 3 aromatic carbocycles. The number of nitrogens with zero attached hydrogens (tertiary/aromatic N) is 2. The van der Waals surface area contributed by atoms with E-state index in [2.05, 4.69) is 5.32 Å². The number of nitro groups is 1. The van der Waals surface area contributed by atoms with E-state index in [4.69, 9.17) is 11.6 Å². The van der Waals surface area contributed by atoms with Crippen LogP contribution in [-0.2, 0) is 14.8 Å². The molecule has 0 atom stereocenters. The highest BCUT2D eigenvalue weighted by atomic mass is 35.5. The zero-order valence-electron chi connectivity index (χ0n) is 18.2. The Morgan fingerprint density at radius 3 is 2.36 bits per heavy atom. The van der Waals surface area contributed by atoms with Crippen LogP contribution in [0.15, 0.2) is 65.6 Å². The maximum atomic E-state index is 13.6. The lowest BCUT2D eigenvalue weighted by Gasteiger charge is -2.26. The van der Waals surface area contributed by atoms with Crippen molar-refractivity contribution >= 4 is 44.6 Å². The topological polar surface area (TPSA) is 110 Å². The number of nitrogens with one attached hydrogen (secondary N) is 1. The van der Waals surface area contributed by atoms with E-state index >= 15 is 0 Å². The highest BCUT2D eigenvalue weighted by Crippen LogP contribution is 2.32. The summed E-state index contributed by atoms with van der Waals surface area (Å²) in [5, 5.41) is 13.8. The Bertz CT molecular complexity index is 1340. The van der Waals surface area contributed by atoms with Gasteiger partial charge in [-0.3, -0.25) is 19.2 Å². The van der Waals surface area contributed by atoms with Gasteiger partial charge in [-0.05, 0) is 56.2 Å². The van der Waals surface area contributed by atoms with E-state index in [1.807, 2.05) is 26.0 Å². The second kappa shape index (κ2) is 9.60. The van der Waals surface area contributed by atoms with Crippen LogP contribution >= 0.6 is 11.6 Å². The van der Waals surface area contributed by atoms with Crippen LogP contribution in [-0.4, -0.2) is 25.8 Å². The molecule has 0 radical (unpaired) electrons. The Balaban J connectivity index is 2.07. The molecule has 172 valence electrons. The van der Waals surface area contributed by atoms with Gasteiger partial charge in [-0.1, -0.05) is 47.5 Å². The van der Waals surface area contributed by atoms with Crippen molar-refractivity contribution in [2.24, 2.45) is 0 Å². The van der Waals surface area contributed by atoms with Crippen LogP contribution in [0.4, 0.5) is 17.1 Å². The van der Waals surface area contributed by atoms with Crippen LogP contribution in [0.5, 0.6) is 0 Å². The van der Waals surface area contributed by atoms with Crippen molar-refractivity contribution in [2.45, 2.75) is 25.7 Å². The number of carbonyl (C=O) groups is 1. The third-order valence-electron chi connectivity index (χ3n) is 5.03. The molecular weight excluding hydrogens is 466 g/mol. The smallest absolute Gasteiger partial charge is 0.289 e. The first-order chi connectivity index (χ1) is 15.5. The fraction of sp³-hybridized carbons (Fsp3) is 0.174. The van der Waals surface area contributed by atoms with E-state index in [9.17, 15) is 23.3 Å². The quantitative estimate of drug-likeness (QED) is 0.372. The van der Waals surface area contributed by atoms with Crippen LogP contribution in [0.2, 0.25) is 5.02 Å². The van der Waals surface area contributed by atoms with Crippen LogP contribution in [0.1, 0.15) is 16.7 Å². The van der Waals surface area contributed by atoms with E-state index < -0.39 is 33.1 Å². The van der Waals surface area contributed by atoms with Gasteiger partial charge in [0, 0.05) is 11.8 Å². The Morgan fingerprint density at radius 2 is 1.73 bits per heavy atom. The normalized spacial score (nSPS) is 11.2. The van der Waals surface area contributed by atoms with Crippen molar-refractivity contribution < 1.29 is 18.1 Å². The minimum absolute atomic E-state index is 0.186. The number of aryl methyl sites for hydroxylation is 3. The van der Waals surface area contributed by atoms with Gasteiger partial charge in [0.2, 0.25) is 5.91 Å². The average molecular weight is 488 g/mol. The Morgan fingerprint density at radius 1 is 1.03 bits per heavy atom. The fourth-order valence-electron chi connectivity index (χ4n) is 3.34. The Labute approximate surface area is 197 Å². The summed E-state index contributed by atoms with van der Waals surface area (Å²) in [6.07, 6.45) is 0. The lowest BCUT2D eigenvalue weighted by Crippen LogP contribution is -2.38. The first-order valence-electron chi connectivity index (χ1n) is 9.90. The van der Waals surface area contributed by atoms with Gasteiger partial charge in [-0.25, -0.2) is 8.42 Å². The predicted octanol–water partition coefficient (Wildman–Crippen LogP) is 5.01. The number of hydrogen-bond donors (Lipinski definition) is 1. The lowest BCUT2D eigenvalue weighted by atomic mass is 10.1. The monoisotopic (exact) mass is 487 g/mol. The maximum absolute atomic E-state index is 13.6. The van der Waals surface area contributed by atoms with E-state index in [0.29, 0.717) is 11.3 Å². The number of rotatable bonds is 7. The molecule has 1 N–H and O–H groups in total. The molecule has 0 aliphatic heterocycles. The largest absolute Gasteiger partial charge is 0.324 e. The summed E-state index contributed by atoms with van der Waals surface area (Å²) in [5.74, 6) is -0.559. The molecule has 10 heteroatoms. The molecule has 0 spiro atoms. The number of amides is 1. The fourth-order valence-corrected chi connectivity index (χ4v) is 5.03. The number of halogens is 1. The Hall–Kier alpha value is -3.43. The third kappa shape index (κ3) is 5.32. The van der Waals surface area contributed by atoms with Gasteiger partial charge in [-0.15, -0.1) is 0 Å². The van der Waals surface area contributed by atoms with E-state index in [1.54, 1.807) is 37.3 Å². The Kier molecular flexibility index (Phi) is 7.04. The SMILES string of the molecule is Cc1ccc(N(CC(=O)Nc2ccccc2C)S(=O)(=O)c2ccc(Cl)c([N+](=O)[O-])c2)c(C)c1.